The van der Waals surface area contributed by atoms with E-state index in [-0.39, 0.29) is 13.2 Å². The van der Waals surface area contributed by atoms with Crippen molar-refractivity contribution in [2.45, 2.75) is 26.8 Å². The van der Waals surface area contributed by atoms with E-state index in [1.54, 1.807) is 24.5 Å². The van der Waals surface area contributed by atoms with Crippen LogP contribution in [0.2, 0.25) is 0 Å². The van der Waals surface area contributed by atoms with E-state index < -0.39 is 11.9 Å². The van der Waals surface area contributed by atoms with Gasteiger partial charge in [0.1, 0.15) is 18.4 Å². The summed E-state index contributed by atoms with van der Waals surface area (Å²) in [7, 11) is 0. The topological polar surface area (TPSA) is 143 Å². The van der Waals surface area contributed by atoms with Gasteiger partial charge in [-0.25, -0.2) is 15.0 Å². The fourth-order valence-electron chi connectivity index (χ4n) is 2.98. The first-order valence-electron chi connectivity index (χ1n) is 10.3. The van der Waals surface area contributed by atoms with Gasteiger partial charge in [0, 0.05) is 12.1 Å². The van der Waals surface area contributed by atoms with Crippen LogP contribution in [-0.2, 0) is 16.1 Å². The summed E-state index contributed by atoms with van der Waals surface area (Å²) >= 11 is 0. The lowest BCUT2D eigenvalue weighted by Gasteiger charge is -2.12. The van der Waals surface area contributed by atoms with Crippen LogP contribution in [0, 0.1) is 0 Å². The molecule has 0 atom stereocenters. The number of hydrogen-bond donors (Lipinski definition) is 2. The maximum atomic E-state index is 12.4. The highest BCUT2D eigenvalue weighted by atomic mass is 16.5. The van der Waals surface area contributed by atoms with E-state index in [9.17, 15) is 9.59 Å². The molecule has 170 valence electrons. The number of carbonyl (C=O) groups is 2. The van der Waals surface area contributed by atoms with Gasteiger partial charge in [-0.05, 0) is 38.5 Å². The van der Waals surface area contributed by atoms with Gasteiger partial charge in [0.25, 0.3) is 5.91 Å². The smallest absolute Gasteiger partial charge is 0.325 e. The average Bonchev–Trinajstić information content (AvgIpc) is 3.21. The number of nitrogen functional groups attached to an aromatic ring is 1. The summed E-state index contributed by atoms with van der Waals surface area (Å²) in [6, 6.07) is 4.86. The molecule has 1 amide bonds. The first kappa shape index (κ1) is 22.8. The second-order valence-corrected chi connectivity index (χ2v) is 6.65. The predicted octanol–water partition coefficient (Wildman–Crippen LogP) is 1.57. The van der Waals surface area contributed by atoms with Gasteiger partial charge in [0.2, 0.25) is 0 Å². The van der Waals surface area contributed by atoms with Gasteiger partial charge in [-0.15, -0.1) is 0 Å². The van der Waals surface area contributed by atoms with Crippen LogP contribution >= 0.6 is 0 Å². The van der Waals surface area contributed by atoms with Crippen LogP contribution in [0.3, 0.4) is 0 Å². The predicted molar refractivity (Wildman–Crippen MR) is 116 cm³/mol. The third-order valence-corrected chi connectivity index (χ3v) is 4.43. The number of aryl methyl sites for hydroxylation is 1. The maximum absolute atomic E-state index is 12.4. The lowest BCUT2D eigenvalue weighted by Crippen LogP contribution is -2.30. The van der Waals surface area contributed by atoms with Crippen molar-refractivity contribution >= 4 is 28.9 Å². The molecule has 2 aromatic heterocycles. The van der Waals surface area contributed by atoms with E-state index in [2.05, 4.69) is 20.3 Å². The van der Waals surface area contributed by atoms with Gasteiger partial charge < -0.3 is 29.8 Å². The van der Waals surface area contributed by atoms with E-state index in [0.29, 0.717) is 60.2 Å². The molecule has 0 saturated carbocycles. The van der Waals surface area contributed by atoms with Crippen LogP contribution in [0.15, 0.2) is 30.9 Å². The molecule has 0 bridgehead atoms. The van der Waals surface area contributed by atoms with Crippen molar-refractivity contribution < 1.29 is 23.8 Å². The molecule has 0 unspecified atom stereocenters. The molecule has 3 N–H and O–H groups in total. The highest BCUT2D eigenvalue weighted by Gasteiger charge is 2.13. The molecule has 32 heavy (non-hydrogen) atoms. The van der Waals surface area contributed by atoms with Crippen LogP contribution in [0.1, 0.15) is 30.6 Å². The minimum atomic E-state index is -0.531. The van der Waals surface area contributed by atoms with Crippen molar-refractivity contribution in [2.24, 2.45) is 0 Å². The molecule has 0 aliphatic heterocycles. The summed E-state index contributed by atoms with van der Waals surface area (Å²) in [5, 5.41) is 2.55. The fraction of sp³-hybridized carbons (Fsp3) is 0.381. The molecule has 0 fully saturated rings. The van der Waals surface area contributed by atoms with Gasteiger partial charge in [0.15, 0.2) is 23.0 Å². The number of carbonyl (C=O) groups excluding carboxylic acids is 2. The number of esters is 1. The molecule has 1 aromatic carbocycles. The second-order valence-electron chi connectivity index (χ2n) is 6.65. The molecule has 0 aliphatic rings. The van der Waals surface area contributed by atoms with Gasteiger partial charge in [-0.2, -0.15) is 0 Å². The minimum absolute atomic E-state index is 0.187. The number of fused-ring (bicyclic) bond motifs is 1. The minimum Gasteiger partial charge on any atom is -0.490 e. The van der Waals surface area contributed by atoms with Crippen molar-refractivity contribution in [3.63, 3.8) is 0 Å². The Balaban J connectivity index is 1.44. The van der Waals surface area contributed by atoms with Crippen LogP contribution in [0.4, 0.5) is 5.82 Å². The van der Waals surface area contributed by atoms with Gasteiger partial charge in [0.05, 0.1) is 26.1 Å². The number of imidazole rings is 1. The van der Waals surface area contributed by atoms with Crippen molar-refractivity contribution in [3.8, 4) is 11.5 Å². The first-order valence-corrected chi connectivity index (χ1v) is 10.3. The molecule has 0 radical (unpaired) electrons. The molecular formula is C21H26N6O5. The Morgan fingerprint density at radius 2 is 1.88 bits per heavy atom. The number of nitrogens with two attached hydrogens (primary N) is 1. The zero-order valence-corrected chi connectivity index (χ0v) is 18.0. The number of anilines is 1. The number of rotatable bonds is 11. The molecule has 3 rings (SSSR count). The van der Waals surface area contributed by atoms with Crippen LogP contribution in [-0.4, -0.2) is 57.8 Å². The zero-order valence-electron chi connectivity index (χ0n) is 18.0. The molecule has 3 aromatic rings. The Kier molecular flexibility index (Phi) is 7.79. The lowest BCUT2D eigenvalue weighted by atomic mass is 10.2. The van der Waals surface area contributed by atoms with E-state index >= 15 is 0 Å². The fourth-order valence-corrected chi connectivity index (χ4v) is 2.98. The summed E-state index contributed by atoms with van der Waals surface area (Å²) in [6.45, 7) is 5.11. The van der Waals surface area contributed by atoms with Crippen molar-refractivity contribution in [3.05, 3.63) is 36.4 Å². The highest BCUT2D eigenvalue weighted by Crippen LogP contribution is 2.28. The zero-order chi connectivity index (χ0) is 22.9. The van der Waals surface area contributed by atoms with E-state index in [1.807, 2.05) is 18.4 Å². The Bertz CT molecular complexity index is 1080. The Labute approximate surface area is 184 Å². The van der Waals surface area contributed by atoms with Crippen LogP contribution in [0.25, 0.3) is 11.2 Å². The summed E-state index contributed by atoms with van der Waals surface area (Å²) in [6.07, 6.45) is 3.54. The maximum Gasteiger partial charge on any atom is 0.325 e. The summed E-state index contributed by atoms with van der Waals surface area (Å²) in [5.74, 6) is 0.412. The molecular weight excluding hydrogens is 416 g/mol. The van der Waals surface area contributed by atoms with E-state index in [4.69, 9.17) is 19.9 Å². The lowest BCUT2D eigenvalue weighted by molar-refractivity contribution is -0.142. The Morgan fingerprint density at radius 1 is 1.09 bits per heavy atom. The number of nitrogens with one attached hydrogen (secondary N) is 1. The number of amides is 1. The van der Waals surface area contributed by atoms with E-state index in [0.717, 1.165) is 0 Å². The van der Waals surface area contributed by atoms with Gasteiger partial charge in [-0.3, -0.25) is 9.59 Å². The summed E-state index contributed by atoms with van der Waals surface area (Å²) in [5.41, 5.74) is 7.28. The molecule has 11 heteroatoms. The van der Waals surface area contributed by atoms with Gasteiger partial charge >= 0.3 is 5.97 Å². The largest absolute Gasteiger partial charge is 0.490 e. The molecule has 2 heterocycles. The molecule has 0 aliphatic carbocycles. The van der Waals surface area contributed by atoms with Gasteiger partial charge in [-0.1, -0.05) is 0 Å². The first-order chi connectivity index (χ1) is 15.5. The Morgan fingerprint density at radius 3 is 2.66 bits per heavy atom. The second kappa shape index (κ2) is 10.9. The van der Waals surface area contributed by atoms with Crippen molar-refractivity contribution in [1.29, 1.82) is 0 Å². The number of ether oxygens (including phenoxy) is 3. The molecule has 11 nitrogen and oxygen atoms in total. The molecule has 0 spiro atoms. The third kappa shape index (κ3) is 5.62. The summed E-state index contributed by atoms with van der Waals surface area (Å²) in [4.78, 5) is 36.6. The Hall–Kier alpha value is -3.89. The highest BCUT2D eigenvalue weighted by molar-refractivity contribution is 5.96. The number of benzene rings is 1. The number of aromatic nitrogens is 4. The van der Waals surface area contributed by atoms with E-state index in [1.165, 1.54) is 6.33 Å². The monoisotopic (exact) mass is 442 g/mol. The molecule has 0 saturated heterocycles. The normalized spacial score (nSPS) is 10.7. The average molecular weight is 442 g/mol. The van der Waals surface area contributed by atoms with Crippen molar-refractivity contribution in [2.75, 3.05) is 32.1 Å². The number of nitrogens with zero attached hydrogens (tertiary/aromatic N) is 4. The SMILES string of the molecule is CCOc1ccc(C(=O)NCC(=O)OCCCn2cnc3c(N)ncnc32)cc1OCC. The third-order valence-electron chi connectivity index (χ3n) is 4.43. The van der Waals surface area contributed by atoms with Crippen LogP contribution < -0.4 is 20.5 Å². The summed E-state index contributed by atoms with van der Waals surface area (Å²) < 4.78 is 18.0. The number of hydrogen-bond acceptors (Lipinski definition) is 9. The quantitative estimate of drug-likeness (QED) is 0.334. The van der Waals surface area contributed by atoms with Crippen molar-refractivity contribution in [1.82, 2.24) is 24.8 Å². The van der Waals surface area contributed by atoms with Crippen LogP contribution in [0.5, 0.6) is 11.5 Å². The standard InChI is InChI=1S/C21H26N6O5/c1-3-30-15-7-6-14(10-16(15)31-4-2)21(29)23-11-17(28)32-9-5-8-27-13-26-18-19(22)24-12-25-20(18)27/h6-7,10,12-13H,3-5,8-9,11H2,1-2H3,(H,23,29)(H2,22,24,25).